The van der Waals surface area contributed by atoms with Crippen LogP contribution in [0, 0.1) is 18.2 Å². The number of halogens is 1. The highest BCUT2D eigenvalue weighted by molar-refractivity contribution is 7.88. The lowest BCUT2D eigenvalue weighted by Crippen LogP contribution is -2.45. The fraction of sp³-hybridized carbons (Fsp3) is 0.565. The number of likely N-dealkylation sites (tertiary alicyclic amines) is 1. The SMILES string of the molecule is Cc1sc(NC(=O)CN2CCC3(CC2)CN(S(C)(=O)=O)C(C)(C)C3)nc1-c1ccc(F)cc1. The summed E-state index contributed by atoms with van der Waals surface area (Å²) < 4.78 is 39.3. The van der Waals surface area contributed by atoms with Crippen LogP contribution in [0.4, 0.5) is 9.52 Å². The fourth-order valence-corrected chi connectivity index (χ4v) is 7.68. The monoisotopic (exact) mass is 494 g/mol. The number of carbonyl (C=O) groups excluding carboxylic acids is 1. The third-order valence-corrected chi connectivity index (χ3v) is 9.12. The molecule has 2 aromatic rings. The molecule has 0 atom stereocenters. The second-order valence-electron chi connectivity index (χ2n) is 10.0. The number of amides is 1. The molecular weight excluding hydrogens is 463 g/mol. The van der Waals surface area contributed by atoms with Gasteiger partial charge in [-0.25, -0.2) is 17.8 Å². The smallest absolute Gasteiger partial charge is 0.240 e. The molecular formula is C23H31FN4O3S2. The molecule has 0 unspecified atom stereocenters. The molecule has 1 spiro atoms. The van der Waals surface area contributed by atoms with E-state index in [0.717, 1.165) is 48.5 Å². The second kappa shape index (κ2) is 8.72. The maximum atomic E-state index is 13.2. The molecule has 0 bridgehead atoms. The minimum absolute atomic E-state index is 0.0178. The first-order chi connectivity index (χ1) is 15.4. The Hall–Kier alpha value is -1.88. The lowest BCUT2D eigenvalue weighted by atomic mass is 9.74. The minimum Gasteiger partial charge on any atom is -0.301 e. The van der Waals surface area contributed by atoms with Gasteiger partial charge in [-0.1, -0.05) is 0 Å². The third kappa shape index (κ3) is 5.29. The van der Waals surface area contributed by atoms with Crippen LogP contribution in [0.2, 0.25) is 0 Å². The van der Waals surface area contributed by atoms with Gasteiger partial charge in [0.1, 0.15) is 5.82 Å². The molecule has 2 aliphatic heterocycles. The van der Waals surface area contributed by atoms with Crippen LogP contribution in [0.25, 0.3) is 11.3 Å². The number of aromatic nitrogens is 1. The van der Waals surface area contributed by atoms with E-state index >= 15 is 0 Å². The topological polar surface area (TPSA) is 82.6 Å². The molecule has 2 saturated heterocycles. The third-order valence-electron chi connectivity index (χ3n) is 6.81. The van der Waals surface area contributed by atoms with Crippen LogP contribution in [0.5, 0.6) is 0 Å². The van der Waals surface area contributed by atoms with Crippen molar-refractivity contribution < 1.29 is 17.6 Å². The van der Waals surface area contributed by atoms with Crippen LogP contribution in [0.1, 0.15) is 38.0 Å². The highest BCUT2D eigenvalue weighted by atomic mass is 32.2. The van der Waals surface area contributed by atoms with Gasteiger partial charge in [0, 0.05) is 22.5 Å². The Balaban J connectivity index is 1.33. The standard InChI is InChI=1S/C23H31FN4O3S2/c1-16-20(17-5-7-18(24)8-6-17)26-21(32-16)25-19(29)13-27-11-9-23(10-12-27)14-22(2,3)28(15-23)33(4,30)31/h5-8H,9-15H2,1-4H3,(H,25,26,29). The van der Waals surface area contributed by atoms with Crippen molar-refractivity contribution in [1.29, 1.82) is 0 Å². The van der Waals surface area contributed by atoms with E-state index in [2.05, 4.69) is 15.2 Å². The van der Waals surface area contributed by atoms with Gasteiger partial charge in [0.15, 0.2) is 5.13 Å². The molecule has 2 fully saturated rings. The van der Waals surface area contributed by atoms with Crippen molar-refractivity contribution in [2.45, 2.75) is 45.6 Å². The average molecular weight is 495 g/mol. The molecule has 0 aliphatic carbocycles. The van der Waals surface area contributed by atoms with E-state index in [0.29, 0.717) is 11.7 Å². The minimum atomic E-state index is -3.25. The van der Waals surface area contributed by atoms with Crippen LogP contribution in [0.3, 0.4) is 0 Å². The van der Waals surface area contributed by atoms with Crippen molar-refractivity contribution in [1.82, 2.24) is 14.2 Å². The van der Waals surface area contributed by atoms with Crippen LogP contribution >= 0.6 is 11.3 Å². The molecule has 1 amide bonds. The molecule has 10 heteroatoms. The number of sulfonamides is 1. The first-order valence-corrected chi connectivity index (χ1v) is 13.8. The fourth-order valence-electron chi connectivity index (χ4n) is 5.35. The molecule has 3 heterocycles. The van der Waals surface area contributed by atoms with E-state index in [1.54, 1.807) is 16.4 Å². The Morgan fingerprint density at radius 2 is 1.85 bits per heavy atom. The highest BCUT2D eigenvalue weighted by Gasteiger charge is 2.52. The zero-order valence-corrected chi connectivity index (χ0v) is 21.2. The van der Waals surface area contributed by atoms with Gasteiger partial charge >= 0.3 is 0 Å². The molecule has 1 N–H and O–H groups in total. The number of hydrogen-bond acceptors (Lipinski definition) is 6. The van der Waals surface area contributed by atoms with Gasteiger partial charge in [0.25, 0.3) is 0 Å². The number of aryl methyl sites for hydroxylation is 1. The normalized spacial score (nSPS) is 20.9. The van der Waals surface area contributed by atoms with E-state index in [4.69, 9.17) is 0 Å². The summed E-state index contributed by atoms with van der Waals surface area (Å²) in [6.07, 6.45) is 3.88. The van der Waals surface area contributed by atoms with Gasteiger partial charge in [-0.15, -0.1) is 11.3 Å². The molecule has 1 aromatic heterocycles. The van der Waals surface area contributed by atoms with E-state index in [1.807, 2.05) is 20.8 Å². The lowest BCUT2D eigenvalue weighted by molar-refractivity contribution is -0.117. The van der Waals surface area contributed by atoms with E-state index in [9.17, 15) is 17.6 Å². The van der Waals surface area contributed by atoms with E-state index < -0.39 is 10.0 Å². The van der Waals surface area contributed by atoms with Gasteiger partial charge in [0.2, 0.25) is 15.9 Å². The molecule has 180 valence electrons. The molecule has 7 nitrogen and oxygen atoms in total. The number of nitrogens with zero attached hydrogens (tertiary/aromatic N) is 3. The Bertz CT molecular complexity index is 1140. The number of benzene rings is 1. The summed E-state index contributed by atoms with van der Waals surface area (Å²) in [4.78, 5) is 20.3. The predicted molar refractivity (Wildman–Crippen MR) is 129 cm³/mol. The summed E-state index contributed by atoms with van der Waals surface area (Å²) in [5.41, 5.74) is 1.16. The summed E-state index contributed by atoms with van der Waals surface area (Å²) in [5.74, 6) is -0.413. The summed E-state index contributed by atoms with van der Waals surface area (Å²) in [6, 6.07) is 6.16. The zero-order chi connectivity index (χ0) is 24.0. The molecule has 4 rings (SSSR count). The number of anilines is 1. The average Bonchev–Trinajstić information content (AvgIpc) is 3.20. The molecule has 0 saturated carbocycles. The van der Waals surface area contributed by atoms with Gasteiger partial charge in [-0.2, -0.15) is 4.31 Å². The quantitative estimate of drug-likeness (QED) is 0.685. The van der Waals surface area contributed by atoms with Crippen molar-refractivity contribution in [3.8, 4) is 11.3 Å². The van der Waals surface area contributed by atoms with Gasteiger partial charge in [-0.3, -0.25) is 9.69 Å². The van der Waals surface area contributed by atoms with Crippen molar-refractivity contribution >= 4 is 32.4 Å². The number of thiazole rings is 1. The van der Waals surface area contributed by atoms with Gasteiger partial charge < -0.3 is 5.32 Å². The number of piperidine rings is 1. The summed E-state index contributed by atoms with van der Waals surface area (Å²) in [7, 11) is -3.25. The molecule has 0 radical (unpaired) electrons. The maximum absolute atomic E-state index is 13.2. The number of carbonyl (C=O) groups is 1. The Morgan fingerprint density at radius 1 is 1.21 bits per heavy atom. The van der Waals surface area contributed by atoms with Gasteiger partial charge in [-0.05, 0) is 82.8 Å². The molecule has 1 aromatic carbocycles. The lowest BCUT2D eigenvalue weighted by Gasteiger charge is -2.39. The van der Waals surface area contributed by atoms with E-state index in [-0.39, 0.29) is 29.2 Å². The van der Waals surface area contributed by atoms with Crippen LogP contribution in [-0.2, 0) is 14.8 Å². The summed E-state index contributed by atoms with van der Waals surface area (Å²) >= 11 is 1.40. The first kappa shape index (κ1) is 24.3. The van der Waals surface area contributed by atoms with Crippen LogP contribution in [0.15, 0.2) is 24.3 Å². The molecule has 33 heavy (non-hydrogen) atoms. The summed E-state index contributed by atoms with van der Waals surface area (Å²) in [5, 5.41) is 3.43. The maximum Gasteiger partial charge on any atom is 0.240 e. The molecule has 2 aliphatic rings. The Morgan fingerprint density at radius 3 is 2.42 bits per heavy atom. The first-order valence-electron chi connectivity index (χ1n) is 11.1. The van der Waals surface area contributed by atoms with Crippen LogP contribution < -0.4 is 5.32 Å². The number of rotatable bonds is 5. The zero-order valence-electron chi connectivity index (χ0n) is 19.5. The largest absolute Gasteiger partial charge is 0.301 e. The van der Waals surface area contributed by atoms with Crippen LogP contribution in [-0.4, -0.2) is 66.5 Å². The summed E-state index contributed by atoms with van der Waals surface area (Å²) in [6.45, 7) is 8.29. The van der Waals surface area contributed by atoms with Gasteiger partial charge in [0.05, 0.1) is 18.5 Å². The van der Waals surface area contributed by atoms with E-state index in [1.165, 1.54) is 29.7 Å². The second-order valence-corrected chi connectivity index (χ2v) is 13.1. The van der Waals surface area contributed by atoms with Crippen molar-refractivity contribution in [3.05, 3.63) is 35.0 Å². The predicted octanol–water partition coefficient (Wildman–Crippen LogP) is 3.72. The van der Waals surface area contributed by atoms with Crippen molar-refractivity contribution in [3.63, 3.8) is 0 Å². The van der Waals surface area contributed by atoms with Crippen molar-refractivity contribution in [2.24, 2.45) is 5.41 Å². The number of nitrogens with one attached hydrogen (secondary N) is 1. The Kier molecular flexibility index (Phi) is 6.41. The highest BCUT2D eigenvalue weighted by Crippen LogP contribution is 2.48. The Labute approximate surface area is 199 Å². The number of hydrogen-bond donors (Lipinski definition) is 1. The van der Waals surface area contributed by atoms with Crippen molar-refractivity contribution in [2.75, 3.05) is 37.8 Å².